The van der Waals surface area contributed by atoms with E-state index in [2.05, 4.69) is 42.7 Å². The maximum Gasteiger partial charge on any atom is 0.179 e. The molecule has 0 N–H and O–H groups in total. The van der Waals surface area contributed by atoms with Gasteiger partial charge < -0.3 is 9.13 Å². The topological polar surface area (TPSA) is 74.5 Å². The van der Waals surface area contributed by atoms with E-state index < -0.39 is 0 Å². The molecule has 0 amide bonds. The number of aryl methyl sites for hydroxylation is 3. The van der Waals surface area contributed by atoms with Gasteiger partial charge in [-0.15, -0.1) is 11.6 Å². The second-order valence-corrected chi connectivity index (χ2v) is 8.21. The number of hydrogen-bond donors (Lipinski definition) is 0. The van der Waals surface area contributed by atoms with Gasteiger partial charge in [0, 0.05) is 39.7 Å². The van der Waals surface area contributed by atoms with E-state index in [0.29, 0.717) is 16.7 Å². The molecule has 0 radical (unpaired) electrons. The van der Waals surface area contributed by atoms with Gasteiger partial charge in [-0.1, -0.05) is 0 Å². The van der Waals surface area contributed by atoms with Gasteiger partial charge in [0.05, 0.1) is 29.1 Å². The largest absolute Gasteiger partial charge is 0.319 e. The van der Waals surface area contributed by atoms with Crippen molar-refractivity contribution < 1.29 is 4.79 Å². The lowest BCUT2D eigenvalue weighted by molar-refractivity contribution is 0.102. The summed E-state index contributed by atoms with van der Waals surface area (Å²) >= 11 is 5.61. The SMILES string of the molecule is Cc1cc(C(=O)CCl)c(C)n1-c1ccc(C#N)cc1.Cc1ccc(C)n1-c1ccc(C#N)cc1. The van der Waals surface area contributed by atoms with Crippen LogP contribution in [0.5, 0.6) is 0 Å². The highest BCUT2D eigenvalue weighted by atomic mass is 35.5. The lowest BCUT2D eigenvalue weighted by Gasteiger charge is -2.09. The molecule has 0 aliphatic carbocycles. The van der Waals surface area contributed by atoms with Crippen LogP contribution in [0.15, 0.2) is 66.7 Å². The second-order valence-electron chi connectivity index (χ2n) is 7.95. The zero-order valence-electron chi connectivity index (χ0n) is 19.6. The number of alkyl halides is 1. The molecule has 0 saturated heterocycles. The van der Waals surface area contributed by atoms with Crippen LogP contribution in [0.3, 0.4) is 0 Å². The quantitative estimate of drug-likeness (QED) is 0.258. The van der Waals surface area contributed by atoms with Crippen molar-refractivity contribution in [2.75, 3.05) is 5.88 Å². The van der Waals surface area contributed by atoms with Crippen LogP contribution in [-0.2, 0) is 0 Å². The van der Waals surface area contributed by atoms with Gasteiger partial charge in [0.15, 0.2) is 5.78 Å². The maximum atomic E-state index is 11.7. The van der Waals surface area contributed by atoms with Crippen molar-refractivity contribution in [3.05, 3.63) is 106 Å². The zero-order chi connectivity index (χ0) is 24.8. The summed E-state index contributed by atoms with van der Waals surface area (Å²) in [5, 5.41) is 17.5. The summed E-state index contributed by atoms with van der Waals surface area (Å²) < 4.78 is 4.15. The number of halogens is 1. The Bertz CT molecular complexity index is 1380. The third-order valence-electron chi connectivity index (χ3n) is 5.63. The van der Waals surface area contributed by atoms with E-state index in [1.54, 1.807) is 12.1 Å². The number of hydrogen-bond acceptors (Lipinski definition) is 3. The molecule has 2 aromatic carbocycles. The Kier molecular flexibility index (Phi) is 7.74. The molecule has 4 aromatic rings. The van der Waals surface area contributed by atoms with Crippen molar-refractivity contribution in [1.29, 1.82) is 10.5 Å². The Morgan fingerprint density at radius 2 is 1.18 bits per heavy atom. The summed E-state index contributed by atoms with van der Waals surface area (Å²) in [5.74, 6) is -0.0906. The van der Waals surface area contributed by atoms with Crippen molar-refractivity contribution in [1.82, 2.24) is 9.13 Å². The summed E-state index contributed by atoms with van der Waals surface area (Å²) in [6.07, 6.45) is 0. The van der Waals surface area contributed by atoms with Gasteiger partial charge in [0.1, 0.15) is 0 Å². The minimum absolute atomic E-state index is 0.0162. The van der Waals surface area contributed by atoms with Crippen LogP contribution < -0.4 is 0 Å². The third kappa shape index (κ3) is 5.12. The molecule has 0 aliphatic rings. The maximum absolute atomic E-state index is 11.7. The molecule has 0 atom stereocenters. The Hall–Kier alpha value is -4.06. The Balaban J connectivity index is 0.000000196. The van der Waals surface area contributed by atoms with E-state index >= 15 is 0 Å². The minimum Gasteiger partial charge on any atom is -0.319 e. The number of nitriles is 2. The fourth-order valence-electron chi connectivity index (χ4n) is 3.96. The molecule has 2 aromatic heterocycles. The lowest BCUT2D eigenvalue weighted by Crippen LogP contribution is -2.04. The van der Waals surface area contributed by atoms with Crippen LogP contribution in [0.2, 0.25) is 0 Å². The number of benzene rings is 2. The number of ketones is 1. The Morgan fingerprint density at radius 1 is 0.735 bits per heavy atom. The fraction of sp³-hybridized carbons (Fsp3) is 0.179. The van der Waals surface area contributed by atoms with Crippen molar-refractivity contribution >= 4 is 17.4 Å². The van der Waals surface area contributed by atoms with Crippen molar-refractivity contribution in [2.24, 2.45) is 0 Å². The first kappa shape index (κ1) is 24.6. The number of carbonyl (C=O) groups is 1. The third-order valence-corrected chi connectivity index (χ3v) is 5.88. The Morgan fingerprint density at radius 3 is 1.59 bits per heavy atom. The fourth-order valence-corrected chi connectivity index (χ4v) is 4.10. The molecule has 0 aliphatic heterocycles. The van der Waals surface area contributed by atoms with E-state index in [1.165, 1.54) is 11.4 Å². The van der Waals surface area contributed by atoms with Gasteiger partial charge >= 0.3 is 0 Å². The highest BCUT2D eigenvalue weighted by molar-refractivity contribution is 6.30. The smallest absolute Gasteiger partial charge is 0.179 e. The molecule has 2 heterocycles. The van der Waals surface area contributed by atoms with Crippen molar-refractivity contribution in [3.63, 3.8) is 0 Å². The number of carbonyl (C=O) groups excluding carboxylic acids is 1. The molecule has 34 heavy (non-hydrogen) atoms. The standard InChI is InChI=1S/C15H13ClN2O.C13H12N2/c1-10-7-14(15(19)8-16)11(2)18(10)13-5-3-12(9-17)4-6-13;1-10-3-4-11(2)15(10)13-7-5-12(9-14)6-8-13/h3-7H,8H2,1-2H3;3-8H,1-2H3. The van der Waals surface area contributed by atoms with Crippen LogP contribution in [0, 0.1) is 50.4 Å². The predicted molar refractivity (Wildman–Crippen MR) is 135 cm³/mol. The van der Waals surface area contributed by atoms with Gasteiger partial charge in [-0.05, 0) is 94.4 Å². The lowest BCUT2D eigenvalue weighted by atomic mass is 10.2. The van der Waals surface area contributed by atoms with E-state index in [1.807, 2.05) is 60.9 Å². The average molecular weight is 469 g/mol. The molecule has 0 saturated carbocycles. The van der Waals surface area contributed by atoms with Gasteiger partial charge in [-0.25, -0.2) is 0 Å². The Labute approximate surface area is 205 Å². The molecule has 0 fully saturated rings. The highest BCUT2D eigenvalue weighted by Gasteiger charge is 2.15. The predicted octanol–water partition coefficient (Wildman–Crippen LogP) is 6.35. The van der Waals surface area contributed by atoms with E-state index in [4.69, 9.17) is 22.1 Å². The molecular weight excluding hydrogens is 444 g/mol. The molecule has 5 nitrogen and oxygen atoms in total. The van der Waals surface area contributed by atoms with E-state index in [-0.39, 0.29) is 11.7 Å². The molecule has 4 rings (SSSR count). The van der Waals surface area contributed by atoms with Gasteiger partial charge in [0.2, 0.25) is 0 Å². The number of rotatable bonds is 4. The minimum atomic E-state index is -0.0744. The molecular formula is C28H25ClN4O. The number of aromatic nitrogens is 2. The normalized spacial score (nSPS) is 10.1. The summed E-state index contributed by atoms with van der Waals surface area (Å²) in [4.78, 5) is 11.7. The van der Waals surface area contributed by atoms with Crippen LogP contribution in [0.4, 0.5) is 0 Å². The molecule has 0 unspecified atom stereocenters. The van der Waals surface area contributed by atoms with Gasteiger partial charge in [-0.2, -0.15) is 10.5 Å². The van der Waals surface area contributed by atoms with Gasteiger partial charge in [0.25, 0.3) is 0 Å². The molecule has 0 bridgehead atoms. The first-order valence-electron chi connectivity index (χ1n) is 10.7. The summed E-state index contributed by atoms with van der Waals surface area (Å²) in [5.41, 5.74) is 8.25. The van der Waals surface area contributed by atoms with Gasteiger partial charge in [-0.3, -0.25) is 4.79 Å². The van der Waals surface area contributed by atoms with Crippen LogP contribution in [-0.4, -0.2) is 20.8 Å². The second kappa shape index (κ2) is 10.7. The summed E-state index contributed by atoms with van der Waals surface area (Å²) in [6.45, 7) is 7.98. The molecule has 0 spiro atoms. The summed E-state index contributed by atoms with van der Waals surface area (Å²) in [6, 6.07) is 25.1. The van der Waals surface area contributed by atoms with Crippen LogP contribution >= 0.6 is 11.6 Å². The monoisotopic (exact) mass is 468 g/mol. The number of Topliss-reactive ketones (excluding diaryl/α,β-unsaturated/α-hetero) is 1. The average Bonchev–Trinajstić information content (AvgIpc) is 3.36. The molecule has 170 valence electrons. The van der Waals surface area contributed by atoms with Crippen molar-refractivity contribution in [3.8, 4) is 23.5 Å². The first-order valence-corrected chi connectivity index (χ1v) is 11.3. The van der Waals surface area contributed by atoms with E-state index in [0.717, 1.165) is 22.8 Å². The zero-order valence-corrected chi connectivity index (χ0v) is 20.4. The summed E-state index contributed by atoms with van der Waals surface area (Å²) in [7, 11) is 0. The first-order chi connectivity index (χ1) is 16.3. The highest BCUT2D eigenvalue weighted by Crippen LogP contribution is 2.22. The van der Waals surface area contributed by atoms with Crippen molar-refractivity contribution in [2.45, 2.75) is 27.7 Å². The van der Waals surface area contributed by atoms with E-state index in [9.17, 15) is 4.79 Å². The molecule has 6 heteroatoms. The van der Waals surface area contributed by atoms with Crippen LogP contribution in [0.25, 0.3) is 11.4 Å². The van der Waals surface area contributed by atoms with Crippen LogP contribution in [0.1, 0.15) is 44.3 Å². The number of nitrogens with zero attached hydrogens (tertiary/aromatic N) is 4.